The van der Waals surface area contributed by atoms with E-state index in [0.717, 1.165) is 32.6 Å². The summed E-state index contributed by atoms with van der Waals surface area (Å²) in [7, 11) is 0. The summed E-state index contributed by atoms with van der Waals surface area (Å²) in [5, 5.41) is 3.00. The minimum Gasteiger partial charge on any atom is -0.339 e. The highest BCUT2D eigenvalue weighted by atomic mass is 16.2. The molecule has 0 spiro atoms. The second-order valence-electron chi connectivity index (χ2n) is 7.38. The molecule has 2 amide bonds. The molecule has 1 aliphatic heterocycles. The molecular formula is C22H36N4O2. The number of nitrogens with one attached hydrogen (secondary N) is 1. The van der Waals surface area contributed by atoms with E-state index in [-0.39, 0.29) is 17.9 Å². The van der Waals surface area contributed by atoms with Crippen LogP contribution in [0.1, 0.15) is 51.4 Å². The zero-order chi connectivity index (χ0) is 20.7. The second-order valence-corrected chi connectivity index (χ2v) is 7.38. The van der Waals surface area contributed by atoms with E-state index in [2.05, 4.69) is 29.0 Å². The number of nitrogens with zero attached hydrogens (tertiary/aromatic N) is 3. The fourth-order valence-electron chi connectivity index (χ4n) is 3.99. The van der Waals surface area contributed by atoms with Crippen molar-refractivity contribution in [1.29, 1.82) is 0 Å². The first kappa shape index (κ1) is 22.4. The molecule has 1 fully saturated rings. The van der Waals surface area contributed by atoms with Crippen LogP contribution in [0.15, 0.2) is 24.3 Å². The highest BCUT2D eigenvalue weighted by Gasteiger charge is 2.31. The largest absolute Gasteiger partial charge is 0.339 e. The van der Waals surface area contributed by atoms with Gasteiger partial charge in [-0.3, -0.25) is 19.4 Å². The van der Waals surface area contributed by atoms with Gasteiger partial charge in [-0.15, -0.1) is 0 Å². The molecule has 2 rings (SSSR count). The molecular weight excluding hydrogens is 352 g/mol. The number of benzene rings is 1. The van der Waals surface area contributed by atoms with Gasteiger partial charge in [-0.05, 0) is 58.5 Å². The van der Waals surface area contributed by atoms with Crippen LogP contribution in [0.3, 0.4) is 0 Å². The number of hydrogen-bond donors (Lipinski definition) is 1. The van der Waals surface area contributed by atoms with E-state index >= 15 is 0 Å². The van der Waals surface area contributed by atoms with Gasteiger partial charge in [-0.2, -0.15) is 0 Å². The lowest BCUT2D eigenvalue weighted by Crippen LogP contribution is -2.43. The molecule has 0 aromatic heterocycles. The number of amides is 2. The molecule has 1 aromatic rings. The molecule has 1 heterocycles. The van der Waals surface area contributed by atoms with E-state index in [1.54, 1.807) is 17.0 Å². The molecule has 6 heteroatoms. The normalized spacial score (nSPS) is 18.3. The fraction of sp³-hybridized carbons (Fsp3) is 0.636. The van der Waals surface area contributed by atoms with Crippen molar-refractivity contribution < 1.29 is 9.59 Å². The molecule has 0 radical (unpaired) electrons. The third kappa shape index (κ3) is 5.32. The van der Waals surface area contributed by atoms with Crippen molar-refractivity contribution in [2.24, 2.45) is 0 Å². The van der Waals surface area contributed by atoms with Crippen LogP contribution in [-0.2, 0) is 4.79 Å². The summed E-state index contributed by atoms with van der Waals surface area (Å²) in [6.07, 6.45) is 1.10. The van der Waals surface area contributed by atoms with Gasteiger partial charge in [0.25, 0.3) is 5.91 Å². The number of carbonyl (C=O) groups is 2. The maximum atomic E-state index is 12.8. The lowest BCUT2D eigenvalue weighted by molar-refractivity contribution is -0.120. The molecule has 0 bridgehead atoms. The molecule has 156 valence electrons. The van der Waals surface area contributed by atoms with E-state index < -0.39 is 0 Å². The van der Waals surface area contributed by atoms with Gasteiger partial charge in [0.15, 0.2) is 0 Å². The quantitative estimate of drug-likeness (QED) is 0.707. The Morgan fingerprint density at radius 1 is 1.14 bits per heavy atom. The van der Waals surface area contributed by atoms with E-state index in [1.165, 1.54) is 0 Å². The topological polar surface area (TPSA) is 55.9 Å². The Labute approximate surface area is 169 Å². The summed E-state index contributed by atoms with van der Waals surface area (Å²) in [5.74, 6) is -0.0246. The first-order chi connectivity index (χ1) is 13.4. The van der Waals surface area contributed by atoms with Gasteiger partial charge in [-0.25, -0.2) is 0 Å². The molecule has 1 saturated heterocycles. The SMILES string of the molecule is CCN(CC)C(=O)c1cccc(NC(=O)[C@@H](C)N2CC[C@@H](N(CC)CC)C2)c1. The van der Waals surface area contributed by atoms with Crippen LogP contribution in [0.5, 0.6) is 0 Å². The molecule has 1 N–H and O–H groups in total. The van der Waals surface area contributed by atoms with Crippen molar-refractivity contribution >= 4 is 17.5 Å². The number of anilines is 1. The second kappa shape index (κ2) is 10.6. The van der Waals surface area contributed by atoms with E-state index in [9.17, 15) is 9.59 Å². The van der Waals surface area contributed by atoms with Crippen molar-refractivity contribution in [2.75, 3.05) is 44.6 Å². The molecule has 0 saturated carbocycles. The molecule has 0 unspecified atom stereocenters. The molecule has 1 aromatic carbocycles. The minimum atomic E-state index is -0.192. The summed E-state index contributed by atoms with van der Waals surface area (Å²) in [6, 6.07) is 7.57. The van der Waals surface area contributed by atoms with Crippen molar-refractivity contribution in [3.63, 3.8) is 0 Å². The Morgan fingerprint density at radius 3 is 2.43 bits per heavy atom. The predicted octanol–water partition coefficient (Wildman–Crippen LogP) is 2.91. The summed E-state index contributed by atoms with van der Waals surface area (Å²) >= 11 is 0. The Hall–Kier alpha value is -1.92. The number of likely N-dealkylation sites (N-methyl/N-ethyl adjacent to an activating group) is 1. The van der Waals surface area contributed by atoms with Crippen molar-refractivity contribution in [2.45, 2.75) is 53.1 Å². The average Bonchev–Trinajstić information content (AvgIpc) is 3.19. The smallest absolute Gasteiger partial charge is 0.253 e. The van der Waals surface area contributed by atoms with Gasteiger partial charge in [0.05, 0.1) is 6.04 Å². The number of likely N-dealkylation sites (tertiary alicyclic amines) is 1. The maximum Gasteiger partial charge on any atom is 0.253 e. The van der Waals surface area contributed by atoms with Gasteiger partial charge in [0.2, 0.25) is 5.91 Å². The van der Waals surface area contributed by atoms with Gasteiger partial charge < -0.3 is 10.2 Å². The maximum absolute atomic E-state index is 12.8. The monoisotopic (exact) mass is 388 g/mol. The van der Waals surface area contributed by atoms with Gasteiger partial charge in [0.1, 0.15) is 0 Å². The molecule has 1 aliphatic rings. The third-order valence-corrected chi connectivity index (χ3v) is 5.88. The van der Waals surface area contributed by atoms with E-state index in [4.69, 9.17) is 0 Å². The predicted molar refractivity (Wildman–Crippen MR) is 115 cm³/mol. The first-order valence-electron chi connectivity index (χ1n) is 10.6. The zero-order valence-corrected chi connectivity index (χ0v) is 18.1. The number of hydrogen-bond acceptors (Lipinski definition) is 4. The third-order valence-electron chi connectivity index (χ3n) is 5.88. The summed E-state index contributed by atoms with van der Waals surface area (Å²) < 4.78 is 0. The van der Waals surface area contributed by atoms with Crippen LogP contribution in [0.2, 0.25) is 0 Å². The Morgan fingerprint density at radius 2 is 1.82 bits per heavy atom. The van der Waals surface area contributed by atoms with Crippen molar-refractivity contribution in [3.05, 3.63) is 29.8 Å². The number of rotatable bonds is 9. The molecule has 6 nitrogen and oxygen atoms in total. The molecule has 2 atom stereocenters. The molecule has 28 heavy (non-hydrogen) atoms. The Bertz CT molecular complexity index is 656. The van der Waals surface area contributed by atoms with Crippen LogP contribution in [0, 0.1) is 0 Å². The highest BCUT2D eigenvalue weighted by molar-refractivity contribution is 5.98. The highest BCUT2D eigenvalue weighted by Crippen LogP contribution is 2.19. The zero-order valence-electron chi connectivity index (χ0n) is 18.1. The average molecular weight is 389 g/mol. The van der Waals surface area contributed by atoms with Crippen molar-refractivity contribution in [1.82, 2.24) is 14.7 Å². The van der Waals surface area contributed by atoms with Gasteiger partial charge >= 0.3 is 0 Å². The van der Waals surface area contributed by atoms with Crippen LogP contribution < -0.4 is 5.32 Å². The summed E-state index contributed by atoms with van der Waals surface area (Å²) in [5.41, 5.74) is 1.28. The standard InChI is InChI=1S/C22H36N4O2/c1-6-24(7-2)20-13-14-26(16-20)17(5)21(27)23-19-12-10-11-18(15-19)22(28)25(8-3)9-4/h10-12,15,17,20H,6-9,13-14,16H2,1-5H3,(H,23,27)/t17-,20-/m1/s1. The number of carbonyl (C=O) groups excluding carboxylic acids is 2. The van der Waals surface area contributed by atoms with Crippen LogP contribution >= 0.6 is 0 Å². The lowest BCUT2D eigenvalue weighted by Gasteiger charge is -2.28. The minimum absolute atomic E-state index is 0.00393. The van der Waals surface area contributed by atoms with Crippen molar-refractivity contribution in [3.8, 4) is 0 Å². The summed E-state index contributed by atoms with van der Waals surface area (Å²) in [6.45, 7) is 15.6. The van der Waals surface area contributed by atoms with Crippen LogP contribution in [-0.4, -0.2) is 77.9 Å². The fourth-order valence-corrected chi connectivity index (χ4v) is 3.99. The van der Waals surface area contributed by atoms with E-state index in [1.807, 2.05) is 32.9 Å². The Kier molecular flexibility index (Phi) is 8.45. The van der Waals surface area contributed by atoms with Crippen LogP contribution in [0.25, 0.3) is 0 Å². The lowest BCUT2D eigenvalue weighted by atomic mass is 10.1. The van der Waals surface area contributed by atoms with Gasteiger partial charge in [0, 0.05) is 43.5 Å². The van der Waals surface area contributed by atoms with E-state index in [0.29, 0.717) is 30.4 Å². The first-order valence-corrected chi connectivity index (χ1v) is 10.6. The Balaban J connectivity index is 1.99. The van der Waals surface area contributed by atoms with Gasteiger partial charge in [-0.1, -0.05) is 19.9 Å². The summed E-state index contributed by atoms with van der Waals surface area (Å²) in [4.78, 5) is 31.8. The van der Waals surface area contributed by atoms with Crippen LogP contribution in [0.4, 0.5) is 5.69 Å². The molecule has 0 aliphatic carbocycles.